The number of methoxy groups -OCH3 is 2. The summed E-state index contributed by atoms with van der Waals surface area (Å²) in [5, 5.41) is 13.8. The highest BCUT2D eigenvalue weighted by Gasteiger charge is 2.10. The van der Waals surface area contributed by atoms with Crippen LogP contribution in [0.25, 0.3) is 0 Å². The van der Waals surface area contributed by atoms with Gasteiger partial charge in [-0.2, -0.15) is 5.10 Å². The van der Waals surface area contributed by atoms with Crippen LogP contribution in [0.5, 0.6) is 17.2 Å². The lowest BCUT2D eigenvalue weighted by Gasteiger charge is -2.09. The van der Waals surface area contributed by atoms with Crippen LogP contribution < -0.4 is 14.9 Å². The Kier molecular flexibility index (Phi) is 10.1. The molecule has 0 bridgehead atoms. The second-order valence-electron chi connectivity index (χ2n) is 5.94. The highest BCUT2D eigenvalue weighted by molar-refractivity contribution is 5.84. The second-order valence-corrected chi connectivity index (χ2v) is 5.94. The van der Waals surface area contributed by atoms with Crippen molar-refractivity contribution >= 4 is 12.1 Å². The van der Waals surface area contributed by atoms with E-state index in [9.17, 15) is 9.90 Å². The van der Waals surface area contributed by atoms with E-state index in [1.807, 2.05) is 0 Å². The molecule has 1 aromatic carbocycles. The van der Waals surface area contributed by atoms with E-state index in [-0.39, 0.29) is 23.2 Å². The molecule has 0 atom stereocenters. The van der Waals surface area contributed by atoms with Gasteiger partial charge in [-0.3, -0.25) is 4.79 Å². The Morgan fingerprint density at radius 1 is 1.08 bits per heavy atom. The molecule has 0 fully saturated rings. The summed E-state index contributed by atoms with van der Waals surface area (Å²) in [7, 11) is 2.92. The minimum absolute atomic E-state index is 0.0647. The lowest BCUT2D eigenvalue weighted by Crippen LogP contribution is -2.16. The van der Waals surface area contributed by atoms with E-state index in [0.29, 0.717) is 12.0 Å². The largest absolute Gasteiger partial charge is 0.502 e. The number of unbranched alkanes of at least 4 members (excludes halogenated alkanes) is 6. The van der Waals surface area contributed by atoms with Crippen LogP contribution in [0, 0.1) is 0 Å². The number of hydrazone groups is 1. The van der Waals surface area contributed by atoms with E-state index >= 15 is 0 Å². The van der Waals surface area contributed by atoms with E-state index in [1.165, 1.54) is 52.5 Å². The molecule has 0 saturated carbocycles. The molecule has 0 radical (unpaired) electrons. The van der Waals surface area contributed by atoms with Gasteiger partial charge in [-0.15, -0.1) is 0 Å². The summed E-state index contributed by atoms with van der Waals surface area (Å²) < 4.78 is 10.2. The minimum atomic E-state index is -0.0949. The standard InChI is InChI=1S/C19H30N2O4/c1-4-5-6-7-8-9-10-11-18(22)21-20-14-15-12-16(24-2)19(23)17(13-15)25-3/h12-14,23H,4-11H2,1-3H3,(H,21,22)/b20-14+. The van der Waals surface area contributed by atoms with Crippen LogP contribution in [0.4, 0.5) is 0 Å². The highest BCUT2D eigenvalue weighted by atomic mass is 16.5. The number of nitrogens with one attached hydrogen (secondary N) is 1. The van der Waals surface area contributed by atoms with Crippen molar-refractivity contribution in [2.24, 2.45) is 5.10 Å². The first-order chi connectivity index (χ1) is 12.1. The van der Waals surface area contributed by atoms with E-state index in [4.69, 9.17) is 9.47 Å². The zero-order chi connectivity index (χ0) is 18.5. The zero-order valence-corrected chi connectivity index (χ0v) is 15.5. The van der Waals surface area contributed by atoms with Crippen molar-refractivity contribution in [1.29, 1.82) is 0 Å². The fourth-order valence-electron chi connectivity index (χ4n) is 2.47. The first-order valence-corrected chi connectivity index (χ1v) is 8.89. The Labute approximate surface area is 150 Å². The van der Waals surface area contributed by atoms with E-state index in [0.717, 1.165) is 12.8 Å². The Hall–Kier alpha value is -2.24. The summed E-state index contributed by atoms with van der Waals surface area (Å²) in [6.45, 7) is 2.20. The highest BCUT2D eigenvalue weighted by Crippen LogP contribution is 2.36. The fraction of sp³-hybridized carbons (Fsp3) is 0.579. The quantitative estimate of drug-likeness (QED) is 0.339. The third-order valence-corrected chi connectivity index (χ3v) is 3.91. The summed E-state index contributed by atoms with van der Waals surface area (Å²) in [4.78, 5) is 11.8. The molecule has 1 aromatic rings. The van der Waals surface area contributed by atoms with Crippen molar-refractivity contribution in [3.63, 3.8) is 0 Å². The number of amides is 1. The van der Waals surface area contributed by atoms with Gasteiger partial charge in [0.1, 0.15) is 0 Å². The molecule has 6 heteroatoms. The van der Waals surface area contributed by atoms with Gasteiger partial charge in [0.15, 0.2) is 11.5 Å². The van der Waals surface area contributed by atoms with E-state index < -0.39 is 0 Å². The van der Waals surface area contributed by atoms with E-state index in [2.05, 4.69) is 17.5 Å². The molecule has 0 unspecified atom stereocenters. The van der Waals surface area contributed by atoms with Crippen LogP contribution in [0.3, 0.4) is 0 Å². The number of aromatic hydroxyl groups is 1. The minimum Gasteiger partial charge on any atom is -0.502 e. The van der Waals surface area contributed by atoms with Gasteiger partial charge in [-0.1, -0.05) is 45.4 Å². The van der Waals surface area contributed by atoms with Crippen LogP contribution >= 0.6 is 0 Å². The molecule has 0 heterocycles. The fourth-order valence-corrected chi connectivity index (χ4v) is 2.47. The number of phenols is 1. The Bertz CT molecular complexity index is 533. The van der Waals surface area contributed by atoms with Gasteiger partial charge in [0.2, 0.25) is 11.7 Å². The molecule has 0 aliphatic heterocycles. The number of rotatable bonds is 12. The summed E-state index contributed by atoms with van der Waals surface area (Å²) in [5.74, 6) is 0.415. The molecule has 140 valence electrons. The van der Waals surface area contributed by atoms with Crippen molar-refractivity contribution in [3.05, 3.63) is 17.7 Å². The molecule has 1 rings (SSSR count). The van der Waals surface area contributed by atoms with Gasteiger partial charge >= 0.3 is 0 Å². The van der Waals surface area contributed by atoms with Crippen molar-refractivity contribution < 1.29 is 19.4 Å². The van der Waals surface area contributed by atoms with Gasteiger partial charge in [-0.05, 0) is 18.6 Å². The van der Waals surface area contributed by atoms with Gasteiger partial charge in [-0.25, -0.2) is 5.43 Å². The molecule has 6 nitrogen and oxygen atoms in total. The van der Waals surface area contributed by atoms with Gasteiger partial charge in [0, 0.05) is 12.0 Å². The first-order valence-electron chi connectivity index (χ1n) is 8.89. The van der Waals surface area contributed by atoms with Gasteiger partial charge in [0.05, 0.1) is 20.4 Å². The van der Waals surface area contributed by atoms with Crippen LogP contribution in [-0.2, 0) is 4.79 Å². The summed E-state index contributed by atoms with van der Waals surface area (Å²) in [6.07, 6.45) is 10.2. The van der Waals surface area contributed by atoms with Crippen LogP contribution in [0.15, 0.2) is 17.2 Å². The molecular formula is C19H30N2O4. The number of benzene rings is 1. The number of carbonyl (C=O) groups excluding carboxylic acids is 1. The number of ether oxygens (including phenoxy) is 2. The summed E-state index contributed by atoms with van der Waals surface area (Å²) in [6, 6.07) is 3.23. The van der Waals surface area contributed by atoms with Crippen molar-refractivity contribution in [1.82, 2.24) is 5.43 Å². The number of carbonyl (C=O) groups is 1. The normalized spacial score (nSPS) is 10.8. The Morgan fingerprint density at radius 3 is 2.20 bits per heavy atom. The topological polar surface area (TPSA) is 80.2 Å². The Morgan fingerprint density at radius 2 is 1.64 bits per heavy atom. The smallest absolute Gasteiger partial charge is 0.240 e. The molecular weight excluding hydrogens is 320 g/mol. The molecule has 2 N–H and O–H groups in total. The average molecular weight is 350 g/mol. The maximum atomic E-state index is 11.8. The number of nitrogens with zero attached hydrogens (tertiary/aromatic N) is 1. The molecule has 1 amide bonds. The lowest BCUT2D eigenvalue weighted by atomic mass is 10.1. The second kappa shape index (κ2) is 12.2. The lowest BCUT2D eigenvalue weighted by molar-refractivity contribution is -0.121. The molecule has 0 aliphatic carbocycles. The van der Waals surface area contributed by atoms with E-state index in [1.54, 1.807) is 12.1 Å². The van der Waals surface area contributed by atoms with Crippen LogP contribution in [0.2, 0.25) is 0 Å². The Balaban J connectivity index is 2.36. The zero-order valence-electron chi connectivity index (χ0n) is 15.5. The SMILES string of the molecule is CCCCCCCCCC(=O)N/N=C/c1cc(OC)c(O)c(OC)c1. The summed E-state index contributed by atoms with van der Waals surface area (Å²) >= 11 is 0. The molecule has 0 spiro atoms. The van der Waals surface area contributed by atoms with Crippen molar-refractivity contribution in [3.8, 4) is 17.2 Å². The van der Waals surface area contributed by atoms with Crippen molar-refractivity contribution in [2.45, 2.75) is 58.3 Å². The van der Waals surface area contributed by atoms with Crippen molar-refractivity contribution in [2.75, 3.05) is 14.2 Å². The molecule has 0 aromatic heterocycles. The average Bonchev–Trinajstić information content (AvgIpc) is 2.62. The predicted molar refractivity (Wildman–Crippen MR) is 99.6 cm³/mol. The molecule has 0 aliphatic rings. The summed E-state index contributed by atoms with van der Waals surface area (Å²) in [5.41, 5.74) is 3.17. The van der Waals surface area contributed by atoms with Gasteiger partial charge in [0.25, 0.3) is 0 Å². The van der Waals surface area contributed by atoms with Crippen LogP contribution in [0.1, 0.15) is 63.9 Å². The van der Waals surface area contributed by atoms with Gasteiger partial charge < -0.3 is 14.6 Å². The number of hydrogen-bond acceptors (Lipinski definition) is 5. The first kappa shape index (κ1) is 20.8. The maximum absolute atomic E-state index is 11.8. The maximum Gasteiger partial charge on any atom is 0.240 e. The molecule has 0 saturated heterocycles. The molecule has 25 heavy (non-hydrogen) atoms. The number of hydrogen-bond donors (Lipinski definition) is 2. The third-order valence-electron chi connectivity index (χ3n) is 3.91. The predicted octanol–water partition coefficient (Wildman–Crippen LogP) is 4.00. The van der Waals surface area contributed by atoms with Crippen LogP contribution in [-0.4, -0.2) is 31.4 Å². The third kappa shape index (κ3) is 7.92. The number of phenolic OH excluding ortho intramolecular Hbond substituents is 1. The monoisotopic (exact) mass is 350 g/mol.